The number of halogens is 1. The van der Waals surface area contributed by atoms with Gasteiger partial charge in [0.1, 0.15) is 11.6 Å². The maximum atomic E-state index is 13.9. The SMILES string of the molecule is Cc1cc(-n2c(C(C)C)c([C@@H]3COCC3C(=O)O)c3cc(O)ccc32)ccc1F. The second kappa shape index (κ2) is 7.19. The third-order valence-corrected chi connectivity index (χ3v) is 5.74. The van der Waals surface area contributed by atoms with Crippen LogP contribution in [0.5, 0.6) is 5.75 Å². The largest absolute Gasteiger partial charge is 0.508 e. The number of aliphatic carboxylic acids is 1. The van der Waals surface area contributed by atoms with Crippen LogP contribution in [0.4, 0.5) is 4.39 Å². The maximum Gasteiger partial charge on any atom is 0.309 e. The van der Waals surface area contributed by atoms with Crippen LogP contribution in [0.1, 0.15) is 42.5 Å². The molecule has 29 heavy (non-hydrogen) atoms. The summed E-state index contributed by atoms with van der Waals surface area (Å²) in [6, 6.07) is 10.1. The summed E-state index contributed by atoms with van der Waals surface area (Å²) in [6.07, 6.45) is 0. The highest BCUT2D eigenvalue weighted by molar-refractivity contribution is 5.90. The summed E-state index contributed by atoms with van der Waals surface area (Å²) in [6.45, 7) is 6.30. The van der Waals surface area contributed by atoms with Crippen molar-refractivity contribution in [3.05, 3.63) is 59.0 Å². The van der Waals surface area contributed by atoms with Crippen LogP contribution in [-0.4, -0.2) is 34.0 Å². The fraction of sp³-hybridized carbons (Fsp3) is 0.348. The van der Waals surface area contributed by atoms with Crippen LogP contribution in [0.2, 0.25) is 0 Å². The van der Waals surface area contributed by atoms with Crippen molar-refractivity contribution in [2.24, 2.45) is 5.92 Å². The fourth-order valence-corrected chi connectivity index (χ4v) is 4.41. The molecule has 152 valence electrons. The van der Waals surface area contributed by atoms with Gasteiger partial charge in [-0.15, -0.1) is 0 Å². The number of nitrogens with zero attached hydrogens (tertiary/aromatic N) is 1. The van der Waals surface area contributed by atoms with Gasteiger partial charge in [-0.25, -0.2) is 4.39 Å². The van der Waals surface area contributed by atoms with Crippen LogP contribution < -0.4 is 0 Å². The molecule has 0 aliphatic carbocycles. The quantitative estimate of drug-likeness (QED) is 0.668. The highest BCUT2D eigenvalue weighted by Gasteiger charge is 2.39. The molecule has 1 fully saturated rings. The van der Waals surface area contributed by atoms with Crippen molar-refractivity contribution in [1.29, 1.82) is 0 Å². The average molecular weight is 397 g/mol. The van der Waals surface area contributed by atoms with Gasteiger partial charge < -0.3 is 19.5 Å². The lowest BCUT2D eigenvalue weighted by Gasteiger charge is -2.20. The molecular formula is C23H24FNO4. The first-order chi connectivity index (χ1) is 13.8. The Labute approximate surface area is 168 Å². The Morgan fingerprint density at radius 3 is 2.62 bits per heavy atom. The first-order valence-electron chi connectivity index (χ1n) is 9.74. The molecule has 5 nitrogen and oxygen atoms in total. The fourth-order valence-electron chi connectivity index (χ4n) is 4.41. The second-order valence-corrected chi connectivity index (χ2v) is 8.01. The minimum atomic E-state index is -0.888. The number of benzene rings is 2. The molecule has 0 spiro atoms. The molecule has 2 heterocycles. The number of fused-ring (bicyclic) bond motifs is 1. The molecule has 0 bridgehead atoms. The number of hydrogen-bond donors (Lipinski definition) is 2. The van der Waals surface area contributed by atoms with E-state index in [1.807, 2.05) is 6.07 Å². The van der Waals surface area contributed by atoms with E-state index >= 15 is 0 Å². The third-order valence-electron chi connectivity index (χ3n) is 5.74. The third kappa shape index (κ3) is 3.17. The molecule has 1 saturated heterocycles. The Morgan fingerprint density at radius 1 is 1.21 bits per heavy atom. The van der Waals surface area contributed by atoms with E-state index in [0.717, 1.165) is 27.8 Å². The number of aromatic hydroxyl groups is 1. The number of carboxylic acids is 1. The molecule has 1 aliphatic rings. The summed E-state index contributed by atoms with van der Waals surface area (Å²) in [5, 5.41) is 20.7. The topological polar surface area (TPSA) is 71.7 Å². The summed E-state index contributed by atoms with van der Waals surface area (Å²) in [7, 11) is 0. The van der Waals surface area contributed by atoms with Crippen molar-refractivity contribution in [3.8, 4) is 11.4 Å². The minimum Gasteiger partial charge on any atom is -0.508 e. The van der Waals surface area contributed by atoms with E-state index in [2.05, 4.69) is 18.4 Å². The smallest absolute Gasteiger partial charge is 0.309 e. The molecule has 2 atom stereocenters. The summed E-state index contributed by atoms with van der Waals surface area (Å²) in [5.41, 5.74) is 4.03. The van der Waals surface area contributed by atoms with Crippen molar-refractivity contribution >= 4 is 16.9 Å². The van der Waals surface area contributed by atoms with Crippen LogP contribution in [-0.2, 0) is 9.53 Å². The van der Waals surface area contributed by atoms with E-state index in [1.54, 1.807) is 31.2 Å². The zero-order valence-corrected chi connectivity index (χ0v) is 16.6. The predicted molar refractivity (Wildman–Crippen MR) is 108 cm³/mol. The van der Waals surface area contributed by atoms with Crippen LogP contribution in [0, 0.1) is 18.7 Å². The monoisotopic (exact) mass is 397 g/mol. The van der Waals surface area contributed by atoms with Crippen molar-refractivity contribution < 1.29 is 24.1 Å². The van der Waals surface area contributed by atoms with Crippen LogP contribution in [0.3, 0.4) is 0 Å². The van der Waals surface area contributed by atoms with Gasteiger partial charge in [0.15, 0.2) is 0 Å². The van der Waals surface area contributed by atoms with Gasteiger partial charge in [0, 0.05) is 22.7 Å². The van der Waals surface area contributed by atoms with Crippen molar-refractivity contribution in [2.45, 2.75) is 32.6 Å². The molecular weight excluding hydrogens is 373 g/mol. The van der Waals surface area contributed by atoms with Crippen LogP contribution in [0.25, 0.3) is 16.6 Å². The first-order valence-corrected chi connectivity index (χ1v) is 9.74. The number of aromatic nitrogens is 1. The highest BCUT2D eigenvalue weighted by Crippen LogP contribution is 2.44. The highest BCUT2D eigenvalue weighted by atomic mass is 19.1. The number of carbonyl (C=O) groups is 1. The minimum absolute atomic E-state index is 0.0694. The molecule has 0 radical (unpaired) electrons. The van der Waals surface area contributed by atoms with Gasteiger partial charge in [-0.3, -0.25) is 4.79 Å². The molecule has 2 aromatic carbocycles. The summed E-state index contributed by atoms with van der Waals surface area (Å²) < 4.78 is 21.5. The Balaban J connectivity index is 2.07. The Bertz CT molecular complexity index is 1100. The van der Waals surface area contributed by atoms with E-state index in [0.29, 0.717) is 12.2 Å². The lowest BCUT2D eigenvalue weighted by Crippen LogP contribution is -2.21. The number of hydrogen-bond acceptors (Lipinski definition) is 3. The van der Waals surface area contributed by atoms with Crippen molar-refractivity contribution in [1.82, 2.24) is 4.57 Å². The zero-order valence-electron chi connectivity index (χ0n) is 16.6. The first kappa shape index (κ1) is 19.5. The average Bonchev–Trinajstić information content (AvgIpc) is 3.26. The number of carboxylic acid groups (broad SMARTS) is 1. The van der Waals surface area contributed by atoms with Gasteiger partial charge in [-0.05, 0) is 60.4 Å². The van der Waals surface area contributed by atoms with E-state index in [-0.39, 0.29) is 30.0 Å². The number of rotatable bonds is 4. The number of phenolic OH excluding ortho intramolecular Hbond substituents is 1. The standard InChI is InChI=1S/C23H24FNO4/c1-12(2)22-21(17-10-29-11-18(17)23(27)28)16-9-15(26)5-7-20(16)25(22)14-4-6-19(24)13(3)8-14/h4-9,12,17-18,26H,10-11H2,1-3H3,(H,27,28)/t17-,18?/m1/s1. The molecule has 4 rings (SSSR count). The van der Waals surface area contributed by atoms with E-state index in [1.165, 1.54) is 6.07 Å². The molecule has 0 amide bonds. The lowest BCUT2D eigenvalue weighted by atomic mass is 9.85. The summed E-state index contributed by atoms with van der Waals surface area (Å²) in [5.74, 6) is -1.95. The Kier molecular flexibility index (Phi) is 4.82. The normalized spacial score (nSPS) is 19.3. The summed E-state index contributed by atoms with van der Waals surface area (Å²) >= 11 is 0. The summed E-state index contributed by atoms with van der Waals surface area (Å²) in [4.78, 5) is 11.9. The second-order valence-electron chi connectivity index (χ2n) is 8.01. The molecule has 1 unspecified atom stereocenters. The number of phenols is 1. The lowest BCUT2D eigenvalue weighted by molar-refractivity contribution is -0.142. The van der Waals surface area contributed by atoms with Crippen LogP contribution >= 0.6 is 0 Å². The van der Waals surface area contributed by atoms with Gasteiger partial charge in [0.05, 0.1) is 24.6 Å². The zero-order chi connectivity index (χ0) is 20.9. The molecule has 6 heteroatoms. The number of aryl methyl sites for hydroxylation is 1. The van der Waals surface area contributed by atoms with Crippen molar-refractivity contribution in [2.75, 3.05) is 13.2 Å². The van der Waals surface area contributed by atoms with Crippen LogP contribution in [0.15, 0.2) is 36.4 Å². The maximum absolute atomic E-state index is 13.9. The van der Waals surface area contributed by atoms with Gasteiger partial charge in [0.25, 0.3) is 0 Å². The van der Waals surface area contributed by atoms with Gasteiger partial charge >= 0.3 is 5.97 Å². The number of ether oxygens (including phenoxy) is 1. The molecule has 1 aliphatic heterocycles. The molecule has 3 aromatic rings. The van der Waals surface area contributed by atoms with Gasteiger partial charge in [-0.2, -0.15) is 0 Å². The predicted octanol–water partition coefficient (Wildman–Crippen LogP) is 4.72. The van der Waals surface area contributed by atoms with Crippen molar-refractivity contribution in [3.63, 3.8) is 0 Å². The van der Waals surface area contributed by atoms with Gasteiger partial charge in [-0.1, -0.05) is 13.8 Å². The van der Waals surface area contributed by atoms with Gasteiger partial charge in [0.2, 0.25) is 0 Å². The van der Waals surface area contributed by atoms with E-state index in [9.17, 15) is 19.4 Å². The Morgan fingerprint density at radius 2 is 1.97 bits per heavy atom. The molecule has 1 aromatic heterocycles. The molecule has 2 N–H and O–H groups in total. The van der Waals surface area contributed by atoms with E-state index in [4.69, 9.17) is 4.74 Å². The Hall–Kier alpha value is -2.86. The molecule has 0 saturated carbocycles. The van der Waals surface area contributed by atoms with E-state index < -0.39 is 11.9 Å².